The maximum atomic E-state index is 12.8. The number of nitrogens with one attached hydrogen (secondary N) is 1. The highest BCUT2D eigenvalue weighted by atomic mass is 32.2. The van der Waals surface area contributed by atoms with Crippen LogP contribution < -0.4 is 14.4 Å². The molecule has 0 saturated carbocycles. The van der Waals surface area contributed by atoms with Crippen LogP contribution in [0.4, 0.5) is 11.4 Å². The van der Waals surface area contributed by atoms with E-state index in [1.807, 2.05) is 24.3 Å². The molecule has 2 aromatic carbocycles. The van der Waals surface area contributed by atoms with Crippen LogP contribution in [0.25, 0.3) is 0 Å². The Labute approximate surface area is 168 Å². The SMILES string of the molecule is COc1ccc(NS(=O)(=O)c2ccc(C(C)C)cc2)cc1N1CCN(C)CC1. The van der Waals surface area contributed by atoms with Crippen molar-refractivity contribution < 1.29 is 13.2 Å². The van der Waals surface area contributed by atoms with Crippen molar-refractivity contribution in [2.45, 2.75) is 24.7 Å². The number of hydrogen-bond acceptors (Lipinski definition) is 5. The fourth-order valence-corrected chi connectivity index (χ4v) is 4.34. The zero-order chi connectivity index (χ0) is 20.3. The van der Waals surface area contributed by atoms with Crippen molar-refractivity contribution in [2.24, 2.45) is 0 Å². The summed E-state index contributed by atoms with van der Waals surface area (Å²) in [6.07, 6.45) is 0. The van der Waals surface area contributed by atoms with E-state index in [2.05, 4.69) is 35.4 Å². The zero-order valence-electron chi connectivity index (χ0n) is 17.0. The maximum absolute atomic E-state index is 12.8. The summed E-state index contributed by atoms with van der Waals surface area (Å²) in [5, 5.41) is 0. The summed E-state index contributed by atoms with van der Waals surface area (Å²) < 4.78 is 33.8. The third kappa shape index (κ3) is 4.59. The van der Waals surface area contributed by atoms with Gasteiger partial charge in [-0.15, -0.1) is 0 Å². The molecule has 0 radical (unpaired) electrons. The molecule has 6 nitrogen and oxygen atoms in total. The molecule has 1 heterocycles. The third-order valence-corrected chi connectivity index (χ3v) is 6.53. The number of benzene rings is 2. The summed E-state index contributed by atoms with van der Waals surface area (Å²) in [5.74, 6) is 1.10. The highest BCUT2D eigenvalue weighted by Gasteiger charge is 2.20. The fraction of sp³-hybridized carbons (Fsp3) is 0.429. The van der Waals surface area contributed by atoms with E-state index in [1.54, 1.807) is 25.3 Å². The molecule has 2 aromatic rings. The number of methoxy groups -OCH3 is 1. The second-order valence-corrected chi connectivity index (χ2v) is 9.19. The lowest BCUT2D eigenvalue weighted by Gasteiger charge is -2.35. The van der Waals surface area contributed by atoms with E-state index in [4.69, 9.17) is 4.74 Å². The molecule has 28 heavy (non-hydrogen) atoms. The van der Waals surface area contributed by atoms with Crippen LogP contribution in [0, 0.1) is 0 Å². The van der Waals surface area contributed by atoms with E-state index in [-0.39, 0.29) is 4.90 Å². The first-order valence-corrected chi connectivity index (χ1v) is 11.0. The molecule has 0 atom stereocenters. The Balaban J connectivity index is 1.84. The number of anilines is 2. The minimum absolute atomic E-state index is 0.258. The van der Waals surface area contributed by atoms with Crippen LogP contribution in [-0.4, -0.2) is 53.7 Å². The van der Waals surface area contributed by atoms with Crippen LogP contribution in [-0.2, 0) is 10.0 Å². The second kappa shape index (κ2) is 8.41. The lowest BCUT2D eigenvalue weighted by molar-refractivity contribution is 0.311. The molecule has 0 bridgehead atoms. The number of likely N-dealkylation sites (N-methyl/N-ethyl adjacent to an activating group) is 1. The molecule has 1 N–H and O–H groups in total. The van der Waals surface area contributed by atoms with Crippen molar-refractivity contribution in [3.05, 3.63) is 48.0 Å². The first-order valence-electron chi connectivity index (χ1n) is 9.54. The molecule has 1 aliphatic heterocycles. The molecule has 1 saturated heterocycles. The van der Waals surface area contributed by atoms with Crippen molar-refractivity contribution in [2.75, 3.05) is 50.0 Å². The Morgan fingerprint density at radius 1 is 1.00 bits per heavy atom. The van der Waals surface area contributed by atoms with Crippen LogP contribution >= 0.6 is 0 Å². The Kier molecular flexibility index (Phi) is 6.15. The minimum atomic E-state index is -3.65. The predicted molar refractivity (Wildman–Crippen MR) is 114 cm³/mol. The Morgan fingerprint density at radius 2 is 1.64 bits per heavy atom. The highest BCUT2D eigenvalue weighted by Crippen LogP contribution is 2.33. The summed E-state index contributed by atoms with van der Waals surface area (Å²) in [7, 11) is 0.0856. The summed E-state index contributed by atoms with van der Waals surface area (Å²) in [5.41, 5.74) is 2.55. The van der Waals surface area contributed by atoms with Gasteiger partial charge in [0.1, 0.15) is 5.75 Å². The van der Waals surface area contributed by atoms with Gasteiger partial charge in [0.15, 0.2) is 0 Å². The number of ether oxygens (including phenoxy) is 1. The molecular weight excluding hydrogens is 374 g/mol. The summed E-state index contributed by atoms with van der Waals surface area (Å²) in [6, 6.07) is 12.4. The van der Waals surface area contributed by atoms with E-state index in [1.165, 1.54) is 0 Å². The van der Waals surface area contributed by atoms with Crippen molar-refractivity contribution in [3.63, 3.8) is 0 Å². The van der Waals surface area contributed by atoms with Gasteiger partial charge in [-0.25, -0.2) is 8.42 Å². The molecule has 1 fully saturated rings. The molecule has 0 spiro atoms. The van der Waals surface area contributed by atoms with Crippen molar-refractivity contribution in [3.8, 4) is 5.75 Å². The second-order valence-electron chi connectivity index (χ2n) is 7.51. The minimum Gasteiger partial charge on any atom is -0.495 e. The molecule has 0 amide bonds. The van der Waals surface area contributed by atoms with Crippen LogP contribution in [0.15, 0.2) is 47.4 Å². The molecule has 0 aromatic heterocycles. The molecule has 3 rings (SSSR count). The van der Waals surface area contributed by atoms with Gasteiger partial charge in [-0.2, -0.15) is 0 Å². The monoisotopic (exact) mass is 403 g/mol. The molecule has 7 heteroatoms. The molecule has 1 aliphatic rings. The molecule has 0 aliphatic carbocycles. The number of hydrogen-bond donors (Lipinski definition) is 1. The number of piperazine rings is 1. The average molecular weight is 404 g/mol. The first kappa shape index (κ1) is 20.5. The predicted octanol–water partition coefficient (Wildman–Crippen LogP) is 3.37. The Bertz CT molecular complexity index is 903. The Morgan fingerprint density at radius 3 is 2.21 bits per heavy atom. The van der Waals surface area contributed by atoms with Crippen molar-refractivity contribution >= 4 is 21.4 Å². The van der Waals surface area contributed by atoms with Crippen LogP contribution in [0.2, 0.25) is 0 Å². The van der Waals surface area contributed by atoms with Gasteiger partial charge in [-0.3, -0.25) is 4.72 Å². The quantitative estimate of drug-likeness (QED) is 0.801. The van der Waals surface area contributed by atoms with E-state index < -0.39 is 10.0 Å². The van der Waals surface area contributed by atoms with E-state index in [9.17, 15) is 8.42 Å². The van der Waals surface area contributed by atoms with Gasteiger partial charge in [0.2, 0.25) is 0 Å². The zero-order valence-corrected chi connectivity index (χ0v) is 17.8. The molecule has 152 valence electrons. The maximum Gasteiger partial charge on any atom is 0.261 e. The van der Waals surface area contributed by atoms with Crippen molar-refractivity contribution in [1.82, 2.24) is 4.90 Å². The topological polar surface area (TPSA) is 61.9 Å². The lowest BCUT2D eigenvalue weighted by atomic mass is 10.0. The summed E-state index contributed by atoms with van der Waals surface area (Å²) >= 11 is 0. The smallest absolute Gasteiger partial charge is 0.261 e. The number of rotatable bonds is 6. The lowest BCUT2D eigenvalue weighted by Crippen LogP contribution is -2.44. The van der Waals surface area contributed by atoms with E-state index in [0.29, 0.717) is 11.6 Å². The normalized spacial score (nSPS) is 15.7. The van der Waals surface area contributed by atoms with Gasteiger partial charge in [0.25, 0.3) is 10.0 Å². The largest absolute Gasteiger partial charge is 0.495 e. The van der Waals surface area contributed by atoms with Gasteiger partial charge in [0.05, 0.1) is 23.4 Å². The molecule has 0 unspecified atom stereocenters. The number of sulfonamides is 1. The first-order chi connectivity index (χ1) is 13.3. The third-order valence-electron chi connectivity index (χ3n) is 5.13. The van der Waals surface area contributed by atoms with Crippen LogP contribution in [0.1, 0.15) is 25.3 Å². The van der Waals surface area contributed by atoms with Crippen LogP contribution in [0.5, 0.6) is 5.75 Å². The average Bonchev–Trinajstić information content (AvgIpc) is 2.68. The van der Waals surface area contributed by atoms with Crippen LogP contribution in [0.3, 0.4) is 0 Å². The van der Waals surface area contributed by atoms with Gasteiger partial charge >= 0.3 is 0 Å². The van der Waals surface area contributed by atoms with Crippen molar-refractivity contribution in [1.29, 1.82) is 0 Å². The standard InChI is InChI=1S/C21H29N3O3S/c1-16(2)17-5-8-19(9-6-17)28(25,26)22-18-7-10-21(27-4)20(15-18)24-13-11-23(3)12-14-24/h5-10,15-16,22H,11-14H2,1-4H3. The van der Waals surface area contributed by atoms with Gasteiger partial charge in [-0.05, 0) is 48.9 Å². The van der Waals surface area contributed by atoms with E-state index >= 15 is 0 Å². The van der Waals surface area contributed by atoms with E-state index in [0.717, 1.165) is 43.2 Å². The Hall–Kier alpha value is -2.25. The highest BCUT2D eigenvalue weighted by molar-refractivity contribution is 7.92. The number of nitrogens with zero attached hydrogens (tertiary/aromatic N) is 2. The fourth-order valence-electron chi connectivity index (χ4n) is 3.29. The summed E-state index contributed by atoms with van der Waals surface area (Å²) in [4.78, 5) is 4.76. The van der Waals surface area contributed by atoms with Gasteiger partial charge in [-0.1, -0.05) is 26.0 Å². The van der Waals surface area contributed by atoms with Gasteiger partial charge < -0.3 is 14.5 Å². The summed E-state index contributed by atoms with van der Waals surface area (Å²) in [6.45, 7) is 7.83. The molecular formula is C21H29N3O3S. The van der Waals surface area contributed by atoms with Gasteiger partial charge in [0, 0.05) is 26.2 Å².